The van der Waals surface area contributed by atoms with Crippen molar-refractivity contribution in [3.63, 3.8) is 0 Å². The molecule has 20 heteroatoms. The van der Waals surface area contributed by atoms with E-state index >= 15 is 0 Å². The van der Waals surface area contributed by atoms with Crippen LogP contribution in [-0.2, 0) is 16.0 Å². The van der Waals surface area contributed by atoms with Crippen LogP contribution in [0.15, 0.2) is 144 Å². The van der Waals surface area contributed by atoms with E-state index in [9.17, 15) is 19.2 Å². The van der Waals surface area contributed by atoms with E-state index in [1.54, 1.807) is 47.8 Å². The number of nitrogens with two attached hydrogens (primary N) is 1. The van der Waals surface area contributed by atoms with Gasteiger partial charge < -0.3 is 36.1 Å². The number of H-pyrrole nitrogens is 2. The number of benzene rings is 2. The fourth-order valence-corrected chi connectivity index (χ4v) is 9.30. The summed E-state index contributed by atoms with van der Waals surface area (Å²) in [5, 5.41) is 8.51. The Morgan fingerprint density at radius 3 is 1.59 bits per heavy atom. The summed E-state index contributed by atoms with van der Waals surface area (Å²) >= 11 is 11.9. The van der Waals surface area contributed by atoms with Gasteiger partial charge in [0.25, 0.3) is 11.8 Å². The summed E-state index contributed by atoms with van der Waals surface area (Å²) in [6.07, 6.45) is 16.7. The fraction of sp³-hybridized carbons (Fsp3) is 0.208. The molecule has 2 atom stereocenters. The molecule has 2 saturated heterocycles. The number of aromatic nitrogens is 8. The van der Waals surface area contributed by atoms with Gasteiger partial charge in [-0.15, -0.1) is 0 Å². The Morgan fingerprint density at radius 1 is 0.671 bits per heavy atom. The van der Waals surface area contributed by atoms with Crippen molar-refractivity contribution in [2.24, 2.45) is 0 Å². The summed E-state index contributed by atoms with van der Waals surface area (Å²) in [4.78, 5) is 84.1. The molecule has 6 aromatic heterocycles. The highest BCUT2D eigenvalue weighted by atomic mass is 79.9. The van der Waals surface area contributed by atoms with Crippen molar-refractivity contribution in [1.29, 1.82) is 0 Å². The molecular formula is C53H50Br2ClN13O4. The Morgan fingerprint density at radius 2 is 1.15 bits per heavy atom. The number of pyridine rings is 2. The van der Waals surface area contributed by atoms with Crippen LogP contribution >= 0.6 is 43.5 Å². The van der Waals surface area contributed by atoms with Crippen molar-refractivity contribution >= 4 is 106 Å². The van der Waals surface area contributed by atoms with Gasteiger partial charge in [-0.25, -0.2) is 24.9 Å². The molecule has 372 valence electrons. The minimum Gasteiger partial charge on any atom is -0.397 e. The number of halogens is 3. The number of amides is 2. The molecule has 0 bridgehead atoms. The molecule has 2 aromatic carbocycles. The van der Waals surface area contributed by atoms with Crippen molar-refractivity contribution in [2.75, 3.05) is 42.5 Å². The number of nitrogen functional groups attached to an aromatic ring is 1. The first-order valence-corrected chi connectivity index (χ1v) is 25.3. The van der Waals surface area contributed by atoms with Crippen molar-refractivity contribution in [3.8, 4) is 22.5 Å². The number of para-hydroxylation sites is 2. The van der Waals surface area contributed by atoms with E-state index in [4.69, 9.17) is 27.3 Å². The monoisotopic (exact) mass is 1130 g/mol. The number of carbonyl (C=O) groups excluding carboxylic acids is 4. The zero-order valence-corrected chi connectivity index (χ0v) is 43.3. The maximum Gasteiger partial charge on any atom is 0.272 e. The molecule has 6 N–H and O–H groups in total. The van der Waals surface area contributed by atoms with Gasteiger partial charge in [0.1, 0.15) is 11.4 Å². The summed E-state index contributed by atoms with van der Waals surface area (Å²) in [7, 11) is 0. The van der Waals surface area contributed by atoms with Crippen LogP contribution < -0.4 is 16.4 Å². The molecule has 73 heavy (non-hydrogen) atoms. The second kappa shape index (κ2) is 24.2. The van der Waals surface area contributed by atoms with E-state index in [2.05, 4.69) is 97.7 Å². The average molecular weight is 1130 g/mol. The third-order valence-electron chi connectivity index (χ3n) is 12.1. The van der Waals surface area contributed by atoms with Crippen LogP contribution in [-0.4, -0.2) is 111 Å². The quantitative estimate of drug-likeness (QED) is 0.0567. The van der Waals surface area contributed by atoms with E-state index in [0.717, 1.165) is 90.6 Å². The lowest BCUT2D eigenvalue weighted by atomic mass is 10.0. The first-order valence-electron chi connectivity index (χ1n) is 23.3. The van der Waals surface area contributed by atoms with Gasteiger partial charge in [0.2, 0.25) is 17.1 Å². The number of allylic oxidation sites excluding steroid dienone is 2. The standard InChI is InChI=1S/C27H25BrN6O2.C23H22BrN7O.C3H3ClO/c1-2-19(35)12-17-9-10-24(29-13-17)26(36)34-11-5-6-18(16-34)32-27-31-15-22(28)25(33-27)21-14-30-23-8-4-3-7-20(21)23;24-18-12-28-23(30-21(18)17-11-27-19-6-2-1-5-16(17)19)29-15-4-3-9-31(13-15)22(32)20-8-7-14(25)10-26-20;1-2-3(4)5/h2-4,7-10,13-15,18,30H,1,5-6,11-12,16H2,(H,31,32,33);1-2,5-8,10-12,15,27H,3-4,9,13,25H2,(H,28,29,30);2H,1H2/t;15-;/m.1./s1. The first-order chi connectivity index (χ1) is 35.4. The molecule has 2 aliphatic rings. The van der Waals surface area contributed by atoms with Crippen molar-refractivity contribution in [1.82, 2.24) is 49.7 Å². The Bertz CT molecular complexity index is 3290. The third-order valence-corrected chi connectivity index (χ3v) is 13.4. The Kier molecular flexibility index (Phi) is 17.2. The van der Waals surface area contributed by atoms with Gasteiger partial charge in [-0.1, -0.05) is 55.6 Å². The molecular weight excluding hydrogens is 1080 g/mol. The molecule has 0 spiro atoms. The van der Waals surface area contributed by atoms with E-state index in [1.807, 2.05) is 53.7 Å². The van der Waals surface area contributed by atoms with Gasteiger partial charge in [0, 0.05) is 109 Å². The molecule has 0 aliphatic carbocycles. The lowest BCUT2D eigenvalue weighted by molar-refractivity contribution is -0.114. The molecule has 0 radical (unpaired) electrons. The highest BCUT2D eigenvalue weighted by molar-refractivity contribution is 9.11. The predicted molar refractivity (Wildman–Crippen MR) is 292 cm³/mol. The summed E-state index contributed by atoms with van der Waals surface area (Å²) in [5.74, 6) is 0.765. The van der Waals surface area contributed by atoms with E-state index in [0.29, 0.717) is 55.2 Å². The molecule has 8 aromatic rings. The highest BCUT2D eigenvalue weighted by Crippen LogP contribution is 2.34. The van der Waals surface area contributed by atoms with E-state index < -0.39 is 5.24 Å². The van der Waals surface area contributed by atoms with Gasteiger partial charge in [-0.3, -0.25) is 24.2 Å². The van der Waals surface area contributed by atoms with Crippen LogP contribution in [0, 0.1) is 0 Å². The number of anilines is 3. The molecule has 2 amide bonds. The maximum absolute atomic E-state index is 13.1. The highest BCUT2D eigenvalue weighted by Gasteiger charge is 2.28. The van der Waals surface area contributed by atoms with Gasteiger partial charge in [0.05, 0.1) is 32.2 Å². The largest absolute Gasteiger partial charge is 0.397 e. The number of aromatic amines is 2. The van der Waals surface area contributed by atoms with Crippen LogP contribution in [0.25, 0.3) is 44.3 Å². The summed E-state index contributed by atoms with van der Waals surface area (Å²) < 4.78 is 1.63. The zero-order chi connectivity index (χ0) is 51.4. The number of rotatable bonds is 12. The third kappa shape index (κ3) is 13.1. The molecule has 0 saturated carbocycles. The number of ketones is 1. The molecule has 1 unspecified atom stereocenters. The fourth-order valence-electron chi connectivity index (χ4n) is 8.49. The first kappa shape index (κ1) is 51.7. The number of carbonyl (C=O) groups is 4. The second-order valence-corrected chi connectivity index (χ2v) is 19.2. The van der Waals surface area contributed by atoms with Crippen LogP contribution in [0.4, 0.5) is 17.6 Å². The van der Waals surface area contributed by atoms with Crippen molar-refractivity contribution < 1.29 is 19.2 Å². The maximum atomic E-state index is 13.1. The SMILES string of the molecule is C=CC(=O)Cc1ccc(C(=O)N2CCCC(Nc3ncc(Br)c(-c4c[nH]c5ccccc45)n3)C2)nc1.C=CC(=O)Cl.Nc1ccc(C(=O)N2CCC[C@@H](Nc3ncc(Br)c(-c4c[nH]c5ccccc45)n3)C2)nc1. The van der Waals surface area contributed by atoms with Gasteiger partial charge in [-0.2, -0.15) is 0 Å². The molecule has 2 fully saturated rings. The Balaban J connectivity index is 0.000000179. The number of hydrogen-bond acceptors (Lipinski definition) is 13. The van der Waals surface area contributed by atoms with Crippen LogP contribution in [0.2, 0.25) is 0 Å². The Labute approximate surface area is 442 Å². The number of nitrogens with zero attached hydrogens (tertiary/aromatic N) is 8. The lowest BCUT2D eigenvalue weighted by Crippen LogP contribution is -2.45. The summed E-state index contributed by atoms with van der Waals surface area (Å²) in [6, 6.07) is 23.1. The average Bonchev–Trinajstić information content (AvgIpc) is 4.05. The number of piperidine rings is 2. The number of fused-ring (bicyclic) bond motifs is 2. The topological polar surface area (TPSA) is 234 Å². The normalized spacial score (nSPS) is 15.3. The van der Waals surface area contributed by atoms with Crippen molar-refractivity contribution in [3.05, 3.63) is 161 Å². The molecule has 8 heterocycles. The van der Waals surface area contributed by atoms with Crippen LogP contribution in [0.3, 0.4) is 0 Å². The van der Waals surface area contributed by atoms with Crippen molar-refractivity contribution in [2.45, 2.75) is 44.2 Å². The number of nitrogens with one attached hydrogen (secondary N) is 4. The van der Waals surface area contributed by atoms with Gasteiger partial charge >= 0.3 is 0 Å². The molecule has 2 aliphatic heterocycles. The molecule has 17 nitrogen and oxygen atoms in total. The summed E-state index contributed by atoms with van der Waals surface area (Å²) in [6.45, 7) is 9.02. The zero-order valence-electron chi connectivity index (χ0n) is 39.4. The van der Waals surface area contributed by atoms with Crippen LogP contribution in [0.1, 0.15) is 52.2 Å². The smallest absolute Gasteiger partial charge is 0.272 e. The minimum absolute atomic E-state index is 0.0178. The van der Waals surface area contributed by atoms with Gasteiger partial charge in [-0.05, 0) is 117 Å². The van der Waals surface area contributed by atoms with E-state index in [1.165, 1.54) is 12.3 Å². The second-order valence-electron chi connectivity index (χ2n) is 17.1. The Hall–Kier alpha value is -7.61. The van der Waals surface area contributed by atoms with Crippen LogP contribution in [0.5, 0.6) is 0 Å². The predicted octanol–water partition coefficient (Wildman–Crippen LogP) is 9.82. The minimum atomic E-state index is -0.509. The molecule has 10 rings (SSSR count). The summed E-state index contributed by atoms with van der Waals surface area (Å²) in [5.41, 5.74) is 13.5. The van der Waals surface area contributed by atoms with Gasteiger partial charge in [0.15, 0.2) is 5.78 Å². The van der Waals surface area contributed by atoms with E-state index in [-0.39, 0.29) is 36.1 Å². The lowest BCUT2D eigenvalue weighted by Gasteiger charge is -2.33. The number of likely N-dealkylation sites (tertiary alicyclic amines) is 2. The number of hydrogen-bond donors (Lipinski definition) is 5.